The lowest BCUT2D eigenvalue weighted by molar-refractivity contribution is -0.107. The van der Waals surface area contributed by atoms with Gasteiger partial charge in [0.25, 0.3) is 5.91 Å². The molecule has 4 rings (SSSR count). The van der Waals surface area contributed by atoms with Gasteiger partial charge in [-0.25, -0.2) is 0 Å². The summed E-state index contributed by atoms with van der Waals surface area (Å²) in [4.78, 5) is 25.1. The molecule has 3 atom stereocenters. The summed E-state index contributed by atoms with van der Waals surface area (Å²) < 4.78 is 1.08. The van der Waals surface area contributed by atoms with E-state index >= 15 is 0 Å². The zero-order chi connectivity index (χ0) is 16.0. The lowest BCUT2D eigenvalue weighted by atomic mass is 9.95. The molecule has 3 heterocycles. The molecule has 2 N–H and O–H groups in total. The number of nitrogens with one attached hydrogen (secondary N) is 2. The highest BCUT2D eigenvalue weighted by Gasteiger charge is 2.39. The monoisotopic (exact) mass is 329 g/mol. The normalized spacial score (nSPS) is 25.7. The SMILES string of the molecule is CN(C=O)c1csc2ccc(C(=O)N[C@@H]3C[C@H]4CC[C@@H]3N4)cc12. The zero-order valence-corrected chi connectivity index (χ0v) is 13.7. The average molecular weight is 329 g/mol. The number of carbonyl (C=O) groups is 2. The predicted octanol–water partition coefficient (Wildman–Crippen LogP) is 2.12. The van der Waals surface area contributed by atoms with Gasteiger partial charge >= 0.3 is 0 Å². The smallest absolute Gasteiger partial charge is 0.251 e. The largest absolute Gasteiger partial charge is 0.348 e. The number of benzene rings is 1. The van der Waals surface area contributed by atoms with E-state index in [-0.39, 0.29) is 11.9 Å². The van der Waals surface area contributed by atoms with Crippen LogP contribution in [0.5, 0.6) is 0 Å². The average Bonchev–Trinajstić information content (AvgIpc) is 3.28. The summed E-state index contributed by atoms with van der Waals surface area (Å²) in [5.41, 5.74) is 1.50. The van der Waals surface area contributed by atoms with Gasteiger partial charge in [-0.3, -0.25) is 9.59 Å². The van der Waals surface area contributed by atoms with Crippen LogP contribution in [0.25, 0.3) is 10.1 Å². The van der Waals surface area contributed by atoms with E-state index in [4.69, 9.17) is 0 Å². The van der Waals surface area contributed by atoms with Crippen molar-refractivity contribution in [1.29, 1.82) is 0 Å². The summed E-state index contributed by atoms with van der Waals surface area (Å²) in [5, 5.41) is 9.59. The summed E-state index contributed by atoms with van der Waals surface area (Å²) in [6.07, 6.45) is 4.18. The molecule has 5 nitrogen and oxygen atoms in total. The van der Waals surface area contributed by atoms with Gasteiger partial charge in [0, 0.05) is 46.2 Å². The van der Waals surface area contributed by atoms with Crippen LogP contribution in [0.2, 0.25) is 0 Å². The van der Waals surface area contributed by atoms with Crippen LogP contribution in [-0.4, -0.2) is 37.5 Å². The molecule has 2 bridgehead atoms. The number of fused-ring (bicyclic) bond motifs is 3. The second-order valence-electron chi connectivity index (χ2n) is 6.41. The third-order valence-corrected chi connectivity index (χ3v) is 5.92. The van der Waals surface area contributed by atoms with Crippen LogP contribution in [0.4, 0.5) is 5.69 Å². The van der Waals surface area contributed by atoms with Crippen molar-refractivity contribution in [1.82, 2.24) is 10.6 Å². The minimum atomic E-state index is -0.0304. The maximum Gasteiger partial charge on any atom is 0.251 e. The highest BCUT2D eigenvalue weighted by molar-refractivity contribution is 7.17. The van der Waals surface area contributed by atoms with Crippen molar-refractivity contribution in [2.75, 3.05) is 11.9 Å². The van der Waals surface area contributed by atoms with Crippen molar-refractivity contribution in [3.8, 4) is 0 Å². The molecule has 120 valence electrons. The van der Waals surface area contributed by atoms with E-state index in [1.165, 1.54) is 6.42 Å². The number of nitrogens with zero attached hydrogens (tertiary/aromatic N) is 1. The Morgan fingerprint density at radius 3 is 3.00 bits per heavy atom. The van der Waals surface area contributed by atoms with E-state index in [0.29, 0.717) is 17.6 Å². The molecule has 6 heteroatoms. The lowest BCUT2D eigenvalue weighted by Crippen LogP contribution is -2.42. The number of carbonyl (C=O) groups excluding carboxylic acids is 2. The Bertz CT molecular complexity index is 772. The first-order valence-electron chi connectivity index (χ1n) is 7.92. The standard InChI is InChI=1S/C17H19N3O2S/c1-20(9-21)15-8-23-16-5-2-10(6-12(15)16)17(22)19-14-7-11-3-4-13(14)18-11/h2,5-6,8-9,11,13-14,18H,3-4,7H2,1H3,(H,19,22)/t11-,13+,14-/m1/s1. The number of hydrogen-bond acceptors (Lipinski definition) is 4. The molecular formula is C17H19N3O2S. The minimum Gasteiger partial charge on any atom is -0.348 e. The maximum absolute atomic E-state index is 12.6. The van der Waals surface area contributed by atoms with Crippen molar-refractivity contribution >= 4 is 39.4 Å². The van der Waals surface area contributed by atoms with Crippen molar-refractivity contribution < 1.29 is 9.59 Å². The highest BCUT2D eigenvalue weighted by Crippen LogP contribution is 2.33. The van der Waals surface area contributed by atoms with E-state index in [2.05, 4.69) is 10.6 Å². The van der Waals surface area contributed by atoms with Crippen LogP contribution in [0.15, 0.2) is 23.6 Å². The Labute approximate surface area is 138 Å². The third kappa shape index (κ3) is 2.52. The summed E-state index contributed by atoms with van der Waals surface area (Å²) in [6, 6.07) is 6.92. The van der Waals surface area contributed by atoms with Gasteiger partial charge in [0.05, 0.1) is 5.69 Å². The van der Waals surface area contributed by atoms with E-state index in [1.807, 2.05) is 23.6 Å². The van der Waals surface area contributed by atoms with E-state index in [9.17, 15) is 9.59 Å². The maximum atomic E-state index is 12.6. The predicted molar refractivity (Wildman–Crippen MR) is 92.1 cm³/mol. The second kappa shape index (κ2) is 5.62. The van der Waals surface area contributed by atoms with Crippen LogP contribution in [0.3, 0.4) is 0 Å². The van der Waals surface area contributed by atoms with Crippen LogP contribution in [-0.2, 0) is 4.79 Å². The first-order valence-corrected chi connectivity index (χ1v) is 8.80. The second-order valence-corrected chi connectivity index (χ2v) is 7.32. The van der Waals surface area contributed by atoms with Gasteiger partial charge in [-0.15, -0.1) is 11.3 Å². The Morgan fingerprint density at radius 2 is 2.30 bits per heavy atom. The Kier molecular flexibility index (Phi) is 3.58. The molecule has 2 aliphatic heterocycles. The van der Waals surface area contributed by atoms with Gasteiger partial charge in [0.15, 0.2) is 0 Å². The topological polar surface area (TPSA) is 61.4 Å². The zero-order valence-electron chi connectivity index (χ0n) is 12.9. The van der Waals surface area contributed by atoms with Gasteiger partial charge in [-0.05, 0) is 37.5 Å². The Morgan fingerprint density at radius 1 is 1.43 bits per heavy atom. The fourth-order valence-corrected chi connectivity index (χ4v) is 4.69. The van der Waals surface area contributed by atoms with Crippen molar-refractivity contribution in [2.45, 2.75) is 37.4 Å². The molecule has 0 radical (unpaired) electrons. The van der Waals surface area contributed by atoms with Gasteiger partial charge in [0.1, 0.15) is 0 Å². The fourth-order valence-electron chi connectivity index (χ4n) is 3.72. The van der Waals surface area contributed by atoms with Crippen molar-refractivity contribution in [3.63, 3.8) is 0 Å². The van der Waals surface area contributed by atoms with Gasteiger partial charge in [-0.1, -0.05) is 0 Å². The summed E-state index contributed by atoms with van der Waals surface area (Å²) in [6.45, 7) is 0. The highest BCUT2D eigenvalue weighted by atomic mass is 32.1. The first-order chi connectivity index (χ1) is 11.2. The van der Waals surface area contributed by atoms with Crippen LogP contribution in [0, 0.1) is 0 Å². The minimum absolute atomic E-state index is 0.0304. The molecule has 2 aromatic rings. The van der Waals surface area contributed by atoms with E-state index < -0.39 is 0 Å². The quantitative estimate of drug-likeness (QED) is 0.845. The molecule has 0 spiro atoms. The fraction of sp³-hybridized carbons (Fsp3) is 0.412. The molecular weight excluding hydrogens is 310 g/mol. The number of amides is 2. The third-order valence-electron chi connectivity index (χ3n) is 4.97. The van der Waals surface area contributed by atoms with Gasteiger partial charge in [-0.2, -0.15) is 0 Å². The van der Waals surface area contributed by atoms with Crippen molar-refractivity contribution in [3.05, 3.63) is 29.1 Å². The lowest BCUT2D eigenvalue weighted by Gasteiger charge is -2.21. The van der Waals surface area contributed by atoms with Crippen LogP contribution >= 0.6 is 11.3 Å². The number of rotatable bonds is 4. The molecule has 2 aliphatic rings. The summed E-state index contributed by atoms with van der Waals surface area (Å²) in [7, 11) is 1.72. The molecule has 23 heavy (non-hydrogen) atoms. The van der Waals surface area contributed by atoms with E-state index in [0.717, 1.165) is 35.0 Å². The van der Waals surface area contributed by atoms with Crippen molar-refractivity contribution in [2.24, 2.45) is 0 Å². The van der Waals surface area contributed by atoms with Crippen LogP contribution in [0.1, 0.15) is 29.6 Å². The van der Waals surface area contributed by atoms with Gasteiger partial charge in [0.2, 0.25) is 6.41 Å². The molecule has 0 saturated carbocycles. The Balaban J connectivity index is 1.58. The molecule has 1 aromatic heterocycles. The molecule has 1 aromatic carbocycles. The molecule has 0 unspecified atom stereocenters. The number of anilines is 1. The first kappa shape index (κ1) is 14.7. The molecule has 2 amide bonds. The Hall–Kier alpha value is -1.92. The van der Waals surface area contributed by atoms with Gasteiger partial charge < -0.3 is 15.5 Å². The number of hydrogen-bond donors (Lipinski definition) is 2. The molecule has 0 aliphatic carbocycles. The number of thiophene rings is 1. The van der Waals surface area contributed by atoms with Crippen LogP contribution < -0.4 is 15.5 Å². The summed E-state index contributed by atoms with van der Waals surface area (Å²) >= 11 is 1.58. The summed E-state index contributed by atoms with van der Waals surface area (Å²) in [5.74, 6) is -0.0304. The molecule has 2 saturated heterocycles. The van der Waals surface area contributed by atoms with E-state index in [1.54, 1.807) is 23.3 Å². The molecule has 2 fully saturated rings.